The van der Waals surface area contributed by atoms with Crippen molar-refractivity contribution in [3.63, 3.8) is 0 Å². The third kappa shape index (κ3) is 7.37. The Morgan fingerprint density at radius 2 is 1.66 bits per heavy atom. The Balaban J connectivity index is 1.69. The largest absolute Gasteiger partial charge is 0.497 e. The number of amides is 2. The van der Waals surface area contributed by atoms with Crippen LogP contribution in [0.4, 0.5) is 10.1 Å². The van der Waals surface area contributed by atoms with Crippen molar-refractivity contribution in [3.05, 3.63) is 89.2 Å². The Bertz CT molecular complexity index is 1460. The van der Waals surface area contributed by atoms with Crippen LogP contribution in [0.15, 0.2) is 77.7 Å². The normalized spacial score (nSPS) is 14.3. The van der Waals surface area contributed by atoms with E-state index >= 15 is 0 Å². The standard InChI is InChI=1S/C30H33ClFN3O5S/c1-21(30(37)33-24-8-4-5-9-24)34(19-22-7-3-6-10-28(22)32)29(36)20-35(25-13-11-23(31)12-14-25)41(38,39)27-17-15-26(40-2)16-18-27/h3,6-7,10-18,21,24H,4-5,8-9,19-20H2,1-2H3,(H,33,37)/t21-/m1/s1. The highest BCUT2D eigenvalue weighted by Crippen LogP contribution is 2.27. The third-order valence-corrected chi connectivity index (χ3v) is 9.25. The molecular weight excluding hydrogens is 569 g/mol. The van der Waals surface area contributed by atoms with Crippen molar-refractivity contribution in [1.29, 1.82) is 0 Å². The minimum absolute atomic E-state index is 0.0105. The molecule has 2 amide bonds. The first kappa shape index (κ1) is 30.3. The van der Waals surface area contributed by atoms with Crippen LogP contribution in [-0.4, -0.2) is 50.9 Å². The number of rotatable bonds is 11. The van der Waals surface area contributed by atoms with Gasteiger partial charge in [0.1, 0.15) is 24.2 Å². The van der Waals surface area contributed by atoms with Gasteiger partial charge in [0.15, 0.2) is 0 Å². The summed E-state index contributed by atoms with van der Waals surface area (Å²) in [5.41, 5.74) is 0.407. The van der Waals surface area contributed by atoms with E-state index in [-0.39, 0.29) is 34.6 Å². The predicted molar refractivity (Wildman–Crippen MR) is 156 cm³/mol. The maximum Gasteiger partial charge on any atom is 0.264 e. The highest BCUT2D eigenvalue weighted by atomic mass is 35.5. The summed E-state index contributed by atoms with van der Waals surface area (Å²) in [4.78, 5) is 28.3. The molecule has 0 heterocycles. The molecule has 1 saturated carbocycles. The molecule has 1 fully saturated rings. The number of benzene rings is 3. The maximum atomic E-state index is 14.7. The number of nitrogens with one attached hydrogen (secondary N) is 1. The van der Waals surface area contributed by atoms with Crippen molar-refractivity contribution in [2.75, 3.05) is 18.0 Å². The molecule has 41 heavy (non-hydrogen) atoms. The number of sulfonamides is 1. The van der Waals surface area contributed by atoms with Crippen LogP contribution in [0.1, 0.15) is 38.2 Å². The molecule has 11 heteroatoms. The summed E-state index contributed by atoms with van der Waals surface area (Å²) in [6.07, 6.45) is 3.72. The molecule has 1 atom stereocenters. The summed E-state index contributed by atoms with van der Waals surface area (Å²) in [6, 6.07) is 16.8. The van der Waals surface area contributed by atoms with E-state index < -0.39 is 34.3 Å². The van der Waals surface area contributed by atoms with E-state index in [1.807, 2.05) is 0 Å². The Kier molecular flexibility index (Phi) is 9.88. The first-order chi connectivity index (χ1) is 19.6. The fourth-order valence-electron chi connectivity index (χ4n) is 4.80. The van der Waals surface area contributed by atoms with E-state index in [4.69, 9.17) is 16.3 Å². The summed E-state index contributed by atoms with van der Waals surface area (Å²) >= 11 is 6.05. The van der Waals surface area contributed by atoms with Crippen LogP contribution in [0.3, 0.4) is 0 Å². The van der Waals surface area contributed by atoms with Gasteiger partial charge in [-0.1, -0.05) is 42.6 Å². The molecule has 0 saturated heterocycles. The maximum absolute atomic E-state index is 14.7. The van der Waals surface area contributed by atoms with Crippen molar-refractivity contribution < 1.29 is 27.1 Å². The molecule has 4 rings (SSSR count). The number of carbonyl (C=O) groups is 2. The smallest absolute Gasteiger partial charge is 0.264 e. The lowest BCUT2D eigenvalue weighted by molar-refractivity contribution is -0.139. The van der Waals surface area contributed by atoms with Gasteiger partial charge in [0.25, 0.3) is 10.0 Å². The Hall–Kier alpha value is -3.63. The molecule has 3 aromatic carbocycles. The molecule has 0 spiro atoms. The second-order valence-corrected chi connectivity index (χ2v) is 12.2. The molecular formula is C30H33ClFN3O5S. The van der Waals surface area contributed by atoms with E-state index in [2.05, 4.69) is 5.32 Å². The Labute approximate surface area is 245 Å². The van der Waals surface area contributed by atoms with Gasteiger partial charge in [-0.05, 0) is 74.4 Å². The van der Waals surface area contributed by atoms with Crippen LogP contribution in [0, 0.1) is 5.82 Å². The Morgan fingerprint density at radius 1 is 1.02 bits per heavy atom. The van der Waals surface area contributed by atoms with Crippen LogP contribution >= 0.6 is 11.6 Å². The average Bonchev–Trinajstić information content (AvgIpc) is 3.48. The second kappa shape index (κ2) is 13.4. The van der Waals surface area contributed by atoms with Crippen molar-refractivity contribution in [3.8, 4) is 5.75 Å². The van der Waals surface area contributed by atoms with Crippen molar-refractivity contribution in [2.45, 2.75) is 56.1 Å². The molecule has 1 aliphatic carbocycles. The SMILES string of the molecule is COc1ccc(S(=O)(=O)N(CC(=O)N(Cc2ccccc2F)[C@H](C)C(=O)NC2CCCC2)c2ccc(Cl)cc2)cc1. The van der Waals surface area contributed by atoms with Crippen LogP contribution in [0.25, 0.3) is 0 Å². The van der Waals surface area contributed by atoms with Gasteiger partial charge in [0.2, 0.25) is 11.8 Å². The molecule has 3 aromatic rings. The third-order valence-electron chi connectivity index (χ3n) is 7.21. The summed E-state index contributed by atoms with van der Waals surface area (Å²) in [6.45, 7) is 0.709. The summed E-state index contributed by atoms with van der Waals surface area (Å²) in [5, 5.41) is 3.38. The topological polar surface area (TPSA) is 96.0 Å². The van der Waals surface area contributed by atoms with Gasteiger partial charge >= 0.3 is 0 Å². The fraction of sp³-hybridized carbons (Fsp3) is 0.333. The van der Waals surface area contributed by atoms with Gasteiger partial charge < -0.3 is 15.0 Å². The van der Waals surface area contributed by atoms with Crippen molar-refractivity contribution in [1.82, 2.24) is 10.2 Å². The molecule has 0 aromatic heterocycles. The molecule has 0 bridgehead atoms. The number of halogens is 2. The van der Waals surface area contributed by atoms with Crippen LogP contribution in [0.5, 0.6) is 5.75 Å². The number of hydrogen-bond acceptors (Lipinski definition) is 5. The second-order valence-electron chi connectivity index (χ2n) is 9.94. The van der Waals surface area contributed by atoms with E-state index in [0.29, 0.717) is 10.8 Å². The first-order valence-corrected chi connectivity index (χ1v) is 15.2. The molecule has 0 unspecified atom stereocenters. The van der Waals surface area contributed by atoms with Crippen LogP contribution < -0.4 is 14.4 Å². The quantitative estimate of drug-likeness (QED) is 0.328. The summed E-state index contributed by atoms with van der Waals surface area (Å²) in [5.74, 6) is -1.11. The molecule has 0 aliphatic heterocycles. The van der Waals surface area contributed by atoms with E-state index in [0.717, 1.165) is 30.0 Å². The van der Waals surface area contributed by atoms with Gasteiger partial charge in [-0.15, -0.1) is 0 Å². The number of methoxy groups -OCH3 is 1. The van der Waals surface area contributed by atoms with E-state index in [1.54, 1.807) is 13.0 Å². The molecule has 218 valence electrons. The van der Waals surface area contributed by atoms with E-state index in [9.17, 15) is 22.4 Å². The highest BCUT2D eigenvalue weighted by molar-refractivity contribution is 7.92. The van der Waals surface area contributed by atoms with Crippen molar-refractivity contribution >= 4 is 39.1 Å². The lowest BCUT2D eigenvalue weighted by atomic mass is 10.1. The van der Waals surface area contributed by atoms with Gasteiger partial charge in [0.05, 0.1) is 17.7 Å². The fourth-order valence-corrected chi connectivity index (χ4v) is 6.34. The lowest BCUT2D eigenvalue weighted by Crippen LogP contribution is -2.52. The predicted octanol–water partition coefficient (Wildman–Crippen LogP) is 5.16. The highest BCUT2D eigenvalue weighted by Gasteiger charge is 2.33. The minimum Gasteiger partial charge on any atom is -0.497 e. The molecule has 0 radical (unpaired) electrons. The van der Waals surface area contributed by atoms with E-state index in [1.165, 1.54) is 78.7 Å². The lowest BCUT2D eigenvalue weighted by Gasteiger charge is -2.32. The van der Waals surface area contributed by atoms with Gasteiger partial charge in [-0.3, -0.25) is 13.9 Å². The molecule has 1 aliphatic rings. The zero-order valence-corrected chi connectivity index (χ0v) is 24.5. The number of ether oxygens (including phenoxy) is 1. The van der Waals surface area contributed by atoms with Gasteiger partial charge in [-0.2, -0.15) is 0 Å². The number of anilines is 1. The van der Waals surface area contributed by atoms with Crippen molar-refractivity contribution in [2.24, 2.45) is 0 Å². The molecule has 8 nitrogen and oxygen atoms in total. The summed E-state index contributed by atoms with van der Waals surface area (Å²) in [7, 11) is -2.78. The van der Waals surface area contributed by atoms with Crippen LogP contribution in [0.2, 0.25) is 5.02 Å². The minimum atomic E-state index is -4.25. The van der Waals surface area contributed by atoms with Gasteiger partial charge in [0, 0.05) is 23.2 Å². The number of hydrogen-bond donors (Lipinski definition) is 1. The zero-order chi connectivity index (χ0) is 29.6. The first-order valence-electron chi connectivity index (χ1n) is 13.4. The number of nitrogens with zero attached hydrogens (tertiary/aromatic N) is 2. The zero-order valence-electron chi connectivity index (χ0n) is 22.9. The van der Waals surface area contributed by atoms with Gasteiger partial charge in [-0.25, -0.2) is 12.8 Å². The average molecular weight is 602 g/mol. The molecule has 1 N–H and O–H groups in total. The monoisotopic (exact) mass is 601 g/mol. The number of carbonyl (C=O) groups excluding carboxylic acids is 2. The van der Waals surface area contributed by atoms with Crippen LogP contribution in [-0.2, 0) is 26.2 Å². The Morgan fingerprint density at radius 3 is 2.27 bits per heavy atom. The summed E-state index contributed by atoms with van der Waals surface area (Å²) < 4.78 is 48.5.